The number of aromatic hydroxyl groups is 1. The minimum atomic E-state index is -0.733. The molecular formula is C25H33N3O5. The molecule has 0 spiro atoms. The van der Waals surface area contributed by atoms with Gasteiger partial charge in [0.05, 0.1) is 17.3 Å². The number of para-hydroxylation sites is 1. The molecule has 1 amide bonds. The smallest absolute Gasteiger partial charge is 0.257 e. The van der Waals surface area contributed by atoms with Crippen molar-refractivity contribution in [3.05, 3.63) is 44.2 Å². The van der Waals surface area contributed by atoms with E-state index in [1.165, 1.54) is 23.5 Å². The van der Waals surface area contributed by atoms with Crippen LogP contribution in [-0.4, -0.2) is 41.8 Å². The van der Waals surface area contributed by atoms with Gasteiger partial charge in [-0.2, -0.15) is 0 Å². The average Bonchev–Trinajstić information content (AvgIpc) is 2.79. The highest BCUT2D eigenvalue weighted by atomic mass is 16.3. The number of rotatable bonds is 9. The van der Waals surface area contributed by atoms with Crippen LogP contribution in [0.1, 0.15) is 62.7 Å². The Morgan fingerprint density at radius 2 is 1.70 bits per heavy atom. The number of phenolic OH excluding ortho intramolecular Hbond substituents is 1. The maximum Gasteiger partial charge on any atom is 0.257 e. The number of carbonyl (C=O) groups is 2. The molecule has 1 atom stereocenters. The van der Waals surface area contributed by atoms with E-state index in [0.29, 0.717) is 12.3 Å². The summed E-state index contributed by atoms with van der Waals surface area (Å²) in [4.78, 5) is 51.3. The number of anilines is 3. The largest absolute Gasteiger partial charge is 0.505 e. The Hall–Kier alpha value is -3.16. The summed E-state index contributed by atoms with van der Waals surface area (Å²) in [5, 5.41) is 16.4. The Kier molecular flexibility index (Phi) is 7.56. The maximum absolute atomic E-state index is 13.0. The number of nitrogens with zero attached hydrogens (tertiary/aromatic N) is 1. The predicted octanol–water partition coefficient (Wildman–Crippen LogP) is 3.41. The summed E-state index contributed by atoms with van der Waals surface area (Å²) in [7, 11) is 3.13. The van der Waals surface area contributed by atoms with Gasteiger partial charge in [0.2, 0.25) is 0 Å². The second kappa shape index (κ2) is 10.2. The second-order valence-electron chi connectivity index (χ2n) is 9.48. The standard InChI is InChI=1S/C25H33N3O5/c1-14(2)19(18(29)13-15-9-6-5-7-10-15)27-21-20(23(31)24(21)32)26-17-12-8-11-16(22(17)30)25(33)28(3)4/h8,11-12,14-15,19,26-27,30H,5-7,9-10,13H2,1-4H3/t19-/m1/s1. The maximum atomic E-state index is 13.0. The van der Waals surface area contributed by atoms with Crippen molar-refractivity contribution < 1.29 is 14.7 Å². The van der Waals surface area contributed by atoms with Crippen LogP contribution < -0.4 is 21.5 Å². The lowest BCUT2D eigenvalue weighted by Gasteiger charge is -2.27. The first kappa shape index (κ1) is 24.5. The molecule has 0 unspecified atom stereocenters. The average molecular weight is 456 g/mol. The molecule has 3 rings (SSSR count). The molecule has 1 fully saturated rings. The van der Waals surface area contributed by atoms with Gasteiger partial charge in [-0.25, -0.2) is 0 Å². The molecule has 8 heteroatoms. The number of hydrogen-bond acceptors (Lipinski definition) is 7. The summed E-state index contributed by atoms with van der Waals surface area (Å²) < 4.78 is 0. The van der Waals surface area contributed by atoms with Crippen molar-refractivity contribution >= 4 is 28.8 Å². The van der Waals surface area contributed by atoms with Gasteiger partial charge >= 0.3 is 0 Å². The summed E-state index contributed by atoms with van der Waals surface area (Å²) in [5.74, 6) is -0.379. The third-order valence-corrected chi connectivity index (χ3v) is 6.37. The minimum Gasteiger partial charge on any atom is -0.505 e. The molecule has 0 aliphatic heterocycles. The first-order valence-electron chi connectivity index (χ1n) is 11.5. The van der Waals surface area contributed by atoms with Gasteiger partial charge in [-0.3, -0.25) is 19.2 Å². The zero-order chi connectivity index (χ0) is 24.3. The first-order chi connectivity index (χ1) is 15.6. The number of nitrogens with one attached hydrogen (secondary N) is 2. The Balaban J connectivity index is 1.81. The number of amides is 1. The first-order valence-corrected chi connectivity index (χ1v) is 11.5. The summed E-state index contributed by atoms with van der Waals surface area (Å²) in [6.07, 6.45) is 6.05. The molecule has 1 aliphatic rings. The van der Waals surface area contributed by atoms with Crippen LogP contribution in [0.4, 0.5) is 17.1 Å². The number of ketones is 1. The van der Waals surface area contributed by atoms with Crippen LogP contribution in [0.25, 0.3) is 0 Å². The third kappa shape index (κ3) is 5.26. The van der Waals surface area contributed by atoms with E-state index < -0.39 is 22.8 Å². The van der Waals surface area contributed by atoms with Gasteiger partial charge in [0, 0.05) is 20.5 Å². The van der Waals surface area contributed by atoms with Crippen molar-refractivity contribution in [2.45, 2.75) is 58.4 Å². The van der Waals surface area contributed by atoms with E-state index in [1.807, 2.05) is 13.8 Å². The molecule has 0 radical (unpaired) electrons. The van der Waals surface area contributed by atoms with Crippen LogP contribution in [0, 0.1) is 11.8 Å². The van der Waals surface area contributed by atoms with Crippen molar-refractivity contribution in [2.24, 2.45) is 11.8 Å². The van der Waals surface area contributed by atoms with E-state index in [4.69, 9.17) is 0 Å². The Labute approximate surface area is 193 Å². The van der Waals surface area contributed by atoms with Crippen LogP contribution in [0.5, 0.6) is 5.75 Å². The summed E-state index contributed by atoms with van der Waals surface area (Å²) in [5.41, 5.74) is -1.20. The highest BCUT2D eigenvalue weighted by Crippen LogP contribution is 2.33. The molecule has 0 bridgehead atoms. The number of phenols is 1. The van der Waals surface area contributed by atoms with E-state index in [0.717, 1.165) is 25.7 Å². The molecule has 2 aromatic carbocycles. The van der Waals surface area contributed by atoms with E-state index in [9.17, 15) is 24.3 Å². The fraction of sp³-hybridized carbons (Fsp3) is 0.520. The fourth-order valence-electron chi connectivity index (χ4n) is 4.42. The van der Waals surface area contributed by atoms with Crippen LogP contribution >= 0.6 is 0 Å². The Morgan fingerprint density at radius 3 is 2.30 bits per heavy atom. The molecule has 178 valence electrons. The molecule has 8 nitrogen and oxygen atoms in total. The summed E-state index contributed by atoms with van der Waals surface area (Å²) in [6, 6.07) is 3.97. The van der Waals surface area contributed by atoms with Crippen molar-refractivity contribution in [2.75, 3.05) is 24.7 Å². The zero-order valence-electron chi connectivity index (χ0n) is 19.7. The lowest BCUT2D eigenvalue weighted by atomic mass is 9.83. The Morgan fingerprint density at radius 1 is 1.06 bits per heavy atom. The normalized spacial score (nSPS) is 15.4. The molecule has 33 heavy (non-hydrogen) atoms. The van der Waals surface area contributed by atoms with E-state index in [1.54, 1.807) is 20.2 Å². The van der Waals surface area contributed by atoms with Crippen molar-refractivity contribution in [1.82, 2.24) is 4.90 Å². The quantitative estimate of drug-likeness (QED) is 0.392. The van der Waals surface area contributed by atoms with Gasteiger partial charge < -0.3 is 20.6 Å². The third-order valence-electron chi connectivity index (χ3n) is 6.37. The second-order valence-corrected chi connectivity index (χ2v) is 9.48. The van der Waals surface area contributed by atoms with E-state index >= 15 is 0 Å². The topological polar surface area (TPSA) is 116 Å². The predicted molar refractivity (Wildman–Crippen MR) is 129 cm³/mol. The lowest BCUT2D eigenvalue weighted by molar-refractivity contribution is -0.121. The van der Waals surface area contributed by atoms with Crippen molar-refractivity contribution in [3.63, 3.8) is 0 Å². The molecule has 0 heterocycles. The van der Waals surface area contributed by atoms with Gasteiger partial charge in [-0.1, -0.05) is 52.0 Å². The molecule has 0 aromatic heterocycles. The molecule has 2 aromatic rings. The number of Topliss-reactive ketones (excluding diaryl/α,β-unsaturated/α-hetero) is 1. The van der Waals surface area contributed by atoms with Gasteiger partial charge in [-0.15, -0.1) is 0 Å². The molecule has 1 saturated carbocycles. The van der Waals surface area contributed by atoms with Crippen LogP contribution in [0.3, 0.4) is 0 Å². The van der Waals surface area contributed by atoms with Crippen molar-refractivity contribution in [1.29, 1.82) is 0 Å². The highest BCUT2D eigenvalue weighted by Gasteiger charge is 2.30. The summed E-state index contributed by atoms with van der Waals surface area (Å²) >= 11 is 0. The van der Waals surface area contributed by atoms with E-state index in [-0.39, 0.29) is 40.1 Å². The van der Waals surface area contributed by atoms with Gasteiger partial charge in [-0.05, 0) is 24.0 Å². The zero-order valence-corrected chi connectivity index (χ0v) is 19.7. The minimum absolute atomic E-state index is 0.0131. The van der Waals surface area contributed by atoms with Crippen LogP contribution in [-0.2, 0) is 4.79 Å². The van der Waals surface area contributed by atoms with Crippen LogP contribution in [0.15, 0.2) is 27.8 Å². The van der Waals surface area contributed by atoms with Crippen LogP contribution in [0.2, 0.25) is 0 Å². The van der Waals surface area contributed by atoms with Gasteiger partial charge in [0.25, 0.3) is 16.8 Å². The Bertz CT molecular complexity index is 1090. The van der Waals surface area contributed by atoms with Crippen molar-refractivity contribution in [3.8, 4) is 5.75 Å². The fourth-order valence-corrected chi connectivity index (χ4v) is 4.42. The van der Waals surface area contributed by atoms with E-state index in [2.05, 4.69) is 10.6 Å². The molecular weight excluding hydrogens is 422 g/mol. The molecule has 0 saturated heterocycles. The number of hydrogen-bond donors (Lipinski definition) is 3. The number of benzene rings is 1. The van der Waals surface area contributed by atoms with Gasteiger partial charge in [0.1, 0.15) is 11.4 Å². The molecule has 3 N–H and O–H groups in total. The SMILES string of the molecule is CC(C)[C@@H](Nc1c(Nc2cccc(C(=O)N(C)C)c2O)c(=O)c1=O)C(=O)CC1CCCCC1. The summed E-state index contributed by atoms with van der Waals surface area (Å²) in [6.45, 7) is 3.80. The highest BCUT2D eigenvalue weighted by molar-refractivity contribution is 5.99. The van der Waals surface area contributed by atoms with Gasteiger partial charge in [0.15, 0.2) is 11.5 Å². The monoisotopic (exact) mass is 455 g/mol. The number of carbonyl (C=O) groups excluding carboxylic acids is 2. The molecule has 1 aliphatic carbocycles. The lowest BCUT2D eigenvalue weighted by Crippen LogP contribution is -2.43.